The first-order valence-electron chi connectivity index (χ1n) is 14.0. The van der Waals surface area contributed by atoms with Crippen molar-refractivity contribution in [2.24, 2.45) is 0 Å². The summed E-state index contributed by atoms with van der Waals surface area (Å²) in [5.41, 5.74) is 4.53. The number of pyridine rings is 1. The number of benzene rings is 2. The third kappa shape index (κ3) is 4.75. The Bertz CT molecular complexity index is 1600. The number of piperazine rings is 1. The highest BCUT2D eigenvalue weighted by Gasteiger charge is 2.36. The highest BCUT2D eigenvalue weighted by Crippen LogP contribution is 2.34. The molecule has 1 atom stereocenters. The molecule has 4 aromatic rings. The van der Waals surface area contributed by atoms with E-state index in [0.717, 1.165) is 72.7 Å². The molecule has 2 aromatic heterocycles. The van der Waals surface area contributed by atoms with E-state index < -0.39 is 0 Å². The summed E-state index contributed by atoms with van der Waals surface area (Å²) < 4.78 is 12.9. The van der Waals surface area contributed by atoms with Gasteiger partial charge in [-0.25, -0.2) is 4.68 Å². The van der Waals surface area contributed by atoms with E-state index in [1.54, 1.807) is 0 Å². The molecule has 10 nitrogen and oxygen atoms in total. The molecule has 0 radical (unpaired) electrons. The molecule has 1 fully saturated rings. The topological polar surface area (TPSA) is 101 Å². The summed E-state index contributed by atoms with van der Waals surface area (Å²) in [6.45, 7) is 14.9. The first-order valence-corrected chi connectivity index (χ1v) is 14.0. The van der Waals surface area contributed by atoms with Gasteiger partial charge >= 0.3 is 0 Å². The standard InChI is InChI=1S/C30H37N7O3/c1-6-30(4,5)37-28(32-33-34-37)27(23-16-22-19(2)7-8-20(3)26(22)31-29(23)38)36-13-11-35(12-14-36)17-21-9-10-24-25(15-21)40-18-39-24/h7-10,15-16,27H,6,11-14,17-18H2,1-5H3,(H,31,38). The summed E-state index contributed by atoms with van der Waals surface area (Å²) in [4.78, 5) is 21.7. The van der Waals surface area contributed by atoms with Crippen molar-refractivity contribution in [2.45, 2.75) is 59.2 Å². The Morgan fingerprint density at radius 2 is 1.75 bits per heavy atom. The van der Waals surface area contributed by atoms with Crippen LogP contribution >= 0.6 is 0 Å². The van der Waals surface area contributed by atoms with E-state index in [2.05, 4.69) is 88.3 Å². The van der Waals surface area contributed by atoms with Crippen LogP contribution in [-0.4, -0.2) is 68.0 Å². The highest BCUT2D eigenvalue weighted by atomic mass is 16.7. The van der Waals surface area contributed by atoms with E-state index in [1.165, 1.54) is 5.56 Å². The first-order chi connectivity index (χ1) is 19.2. The van der Waals surface area contributed by atoms with Crippen molar-refractivity contribution in [1.29, 1.82) is 0 Å². The van der Waals surface area contributed by atoms with Crippen LogP contribution in [0, 0.1) is 13.8 Å². The van der Waals surface area contributed by atoms with Crippen molar-refractivity contribution in [3.8, 4) is 11.5 Å². The predicted octanol–water partition coefficient (Wildman–Crippen LogP) is 3.91. The number of hydrogen-bond donors (Lipinski definition) is 1. The molecule has 0 saturated carbocycles. The van der Waals surface area contributed by atoms with Gasteiger partial charge < -0.3 is 14.5 Å². The molecule has 1 saturated heterocycles. The van der Waals surface area contributed by atoms with Gasteiger partial charge in [-0.3, -0.25) is 14.6 Å². The lowest BCUT2D eigenvalue weighted by molar-refractivity contribution is 0.0968. The summed E-state index contributed by atoms with van der Waals surface area (Å²) in [6.07, 6.45) is 0.855. The number of aromatic amines is 1. The summed E-state index contributed by atoms with van der Waals surface area (Å²) >= 11 is 0. The molecule has 2 aromatic carbocycles. The SMILES string of the molecule is CCC(C)(C)n1nnnc1C(c1cc2c(C)ccc(C)c2[nH]c1=O)N1CCN(Cc2ccc3c(c2)OCO3)CC1. The quantitative estimate of drug-likeness (QED) is 0.374. The van der Waals surface area contributed by atoms with E-state index in [9.17, 15) is 4.79 Å². The average Bonchev–Trinajstić information content (AvgIpc) is 3.63. The molecule has 0 spiro atoms. The van der Waals surface area contributed by atoms with Crippen LogP contribution in [0.1, 0.15) is 61.3 Å². The third-order valence-corrected chi connectivity index (χ3v) is 8.56. The van der Waals surface area contributed by atoms with E-state index in [0.29, 0.717) is 11.4 Å². The number of aryl methyl sites for hydroxylation is 2. The number of hydrogen-bond acceptors (Lipinski definition) is 8. The van der Waals surface area contributed by atoms with Crippen LogP contribution in [0.2, 0.25) is 0 Å². The van der Waals surface area contributed by atoms with Gasteiger partial charge in [0.2, 0.25) is 6.79 Å². The highest BCUT2D eigenvalue weighted by molar-refractivity contribution is 5.85. The fraction of sp³-hybridized carbons (Fsp3) is 0.467. The number of nitrogens with one attached hydrogen (secondary N) is 1. The predicted molar refractivity (Wildman–Crippen MR) is 153 cm³/mol. The smallest absolute Gasteiger partial charge is 0.253 e. The van der Waals surface area contributed by atoms with E-state index >= 15 is 0 Å². The van der Waals surface area contributed by atoms with Gasteiger partial charge in [0.15, 0.2) is 17.3 Å². The number of rotatable bonds is 7. The van der Waals surface area contributed by atoms with Gasteiger partial charge in [-0.1, -0.05) is 25.1 Å². The molecule has 1 unspecified atom stereocenters. The van der Waals surface area contributed by atoms with Crippen LogP contribution < -0.4 is 15.0 Å². The largest absolute Gasteiger partial charge is 0.454 e. The fourth-order valence-corrected chi connectivity index (χ4v) is 5.72. The van der Waals surface area contributed by atoms with E-state index in [1.807, 2.05) is 17.7 Å². The minimum Gasteiger partial charge on any atom is -0.454 e. The van der Waals surface area contributed by atoms with Crippen molar-refractivity contribution in [2.75, 3.05) is 33.0 Å². The third-order valence-electron chi connectivity index (χ3n) is 8.56. The van der Waals surface area contributed by atoms with E-state index in [-0.39, 0.29) is 23.9 Å². The zero-order valence-electron chi connectivity index (χ0n) is 23.9. The summed E-state index contributed by atoms with van der Waals surface area (Å²) in [7, 11) is 0. The number of nitrogens with zero attached hydrogens (tertiary/aromatic N) is 6. The average molecular weight is 544 g/mol. The van der Waals surface area contributed by atoms with Crippen LogP contribution in [0.15, 0.2) is 41.2 Å². The van der Waals surface area contributed by atoms with Crippen LogP contribution in [0.25, 0.3) is 10.9 Å². The normalized spacial score (nSPS) is 17.0. The fourth-order valence-electron chi connectivity index (χ4n) is 5.72. The second kappa shape index (κ2) is 10.3. The molecule has 0 amide bonds. The maximum absolute atomic E-state index is 13.7. The van der Waals surface area contributed by atoms with Crippen molar-refractivity contribution in [1.82, 2.24) is 35.0 Å². The zero-order valence-corrected chi connectivity index (χ0v) is 23.9. The lowest BCUT2D eigenvalue weighted by Gasteiger charge is -2.39. The molecule has 0 bridgehead atoms. The molecule has 4 heterocycles. The Morgan fingerprint density at radius 3 is 2.52 bits per heavy atom. The number of aromatic nitrogens is 5. The Morgan fingerprint density at radius 1 is 1.00 bits per heavy atom. The second-order valence-electron chi connectivity index (χ2n) is 11.6. The van der Waals surface area contributed by atoms with Gasteiger partial charge in [0, 0.05) is 43.7 Å². The molecule has 2 aliphatic heterocycles. The van der Waals surface area contributed by atoms with Gasteiger partial charge in [-0.15, -0.1) is 5.10 Å². The van der Waals surface area contributed by atoms with Crippen molar-refractivity contribution in [3.63, 3.8) is 0 Å². The lowest BCUT2D eigenvalue weighted by Crippen LogP contribution is -2.49. The molecule has 0 aliphatic carbocycles. The van der Waals surface area contributed by atoms with Gasteiger partial charge in [0.1, 0.15) is 6.04 Å². The molecule has 210 valence electrons. The Kier molecular flexibility index (Phi) is 6.83. The number of tetrazole rings is 1. The van der Waals surface area contributed by atoms with Gasteiger partial charge in [-0.05, 0) is 79.4 Å². The minimum absolute atomic E-state index is 0.0992. The van der Waals surface area contributed by atoms with Gasteiger partial charge in [0.25, 0.3) is 5.56 Å². The lowest BCUT2D eigenvalue weighted by atomic mass is 9.97. The molecule has 1 N–H and O–H groups in total. The maximum Gasteiger partial charge on any atom is 0.253 e. The summed E-state index contributed by atoms with van der Waals surface area (Å²) in [5.74, 6) is 2.31. The summed E-state index contributed by atoms with van der Waals surface area (Å²) in [6, 6.07) is 12.0. The van der Waals surface area contributed by atoms with Crippen molar-refractivity contribution >= 4 is 10.9 Å². The van der Waals surface area contributed by atoms with Gasteiger partial charge in [-0.2, -0.15) is 0 Å². The van der Waals surface area contributed by atoms with Crippen molar-refractivity contribution < 1.29 is 9.47 Å². The van der Waals surface area contributed by atoms with Crippen LogP contribution in [-0.2, 0) is 12.1 Å². The molecule has 40 heavy (non-hydrogen) atoms. The summed E-state index contributed by atoms with van der Waals surface area (Å²) in [5, 5.41) is 14.1. The minimum atomic E-state index is -0.374. The Balaban J connectivity index is 1.34. The molecule has 2 aliphatic rings. The number of fused-ring (bicyclic) bond motifs is 2. The van der Waals surface area contributed by atoms with E-state index in [4.69, 9.17) is 9.47 Å². The number of ether oxygens (including phenoxy) is 2. The van der Waals surface area contributed by atoms with Crippen LogP contribution in [0.3, 0.4) is 0 Å². The molecular formula is C30H37N7O3. The molecule has 6 rings (SSSR count). The van der Waals surface area contributed by atoms with Crippen LogP contribution in [0.4, 0.5) is 0 Å². The Hall–Kier alpha value is -3.76. The number of H-pyrrole nitrogens is 1. The first kappa shape index (κ1) is 26.5. The maximum atomic E-state index is 13.7. The zero-order chi connectivity index (χ0) is 28.0. The second-order valence-corrected chi connectivity index (χ2v) is 11.6. The molecule has 10 heteroatoms. The Labute approximate surface area is 233 Å². The van der Waals surface area contributed by atoms with Gasteiger partial charge in [0.05, 0.1) is 11.1 Å². The molecular weight excluding hydrogens is 506 g/mol. The van der Waals surface area contributed by atoms with Crippen LogP contribution in [0.5, 0.6) is 11.5 Å². The monoisotopic (exact) mass is 543 g/mol. The van der Waals surface area contributed by atoms with Crippen molar-refractivity contribution in [3.05, 3.63) is 74.8 Å².